The molecule has 0 saturated carbocycles. The van der Waals surface area contributed by atoms with E-state index in [2.05, 4.69) is 30.8 Å². The lowest BCUT2D eigenvalue weighted by Gasteiger charge is -2.24. The highest BCUT2D eigenvalue weighted by atomic mass is 19.1. The van der Waals surface area contributed by atoms with Gasteiger partial charge in [0.15, 0.2) is 0 Å². The second kappa shape index (κ2) is 19.0. The average Bonchev–Trinajstić information content (AvgIpc) is 3.64. The van der Waals surface area contributed by atoms with Gasteiger partial charge in [-0.15, -0.1) is 0 Å². The van der Waals surface area contributed by atoms with E-state index in [4.69, 9.17) is 9.47 Å². The molecule has 0 saturated heterocycles. The predicted octanol–water partition coefficient (Wildman–Crippen LogP) is 3.14. The number of nitrogens with one attached hydrogen (secondary N) is 5. The van der Waals surface area contributed by atoms with Crippen LogP contribution in [-0.2, 0) is 31.9 Å². The van der Waals surface area contributed by atoms with Crippen molar-refractivity contribution in [2.75, 3.05) is 66.8 Å². The van der Waals surface area contributed by atoms with Crippen molar-refractivity contribution in [1.29, 1.82) is 0 Å². The van der Waals surface area contributed by atoms with Gasteiger partial charge >= 0.3 is 0 Å². The molecule has 0 bridgehead atoms. The van der Waals surface area contributed by atoms with Gasteiger partial charge in [-0.25, -0.2) is 4.39 Å². The van der Waals surface area contributed by atoms with Crippen molar-refractivity contribution < 1.29 is 33.7 Å². The summed E-state index contributed by atoms with van der Waals surface area (Å²) in [6, 6.07) is 9.24. The lowest BCUT2D eigenvalue weighted by atomic mass is 10.0. The molecule has 262 valence electrons. The number of fused-ring (bicyclic) bond motifs is 2. The van der Waals surface area contributed by atoms with Gasteiger partial charge in [0.1, 0.15) is 18.2 Å². The third kappa shape index (κ3) is 11.5. The standard InChI is InChI=1S/C35H49FN6O6/c1-42(2)12-4-3-5-33(35(46)37-11-14-48-16-15-47-13-10-36)40-23-26(17-24-21-38-31-8-6-27(43)19-29(24)31)41-34(45)18-25-22-39-32-9-7-28(44)20-30(25)32/h6-9,19-22,26,33,38-40,43-44H,3-5,10-18,23H2,1-2H3,(H,37,46)(H,41,45)/t26-,33-/m0/s1. The van der Waals surface area contributed by atoms with Crippen LogP contribution >= 0.6 is 0 Å². The Labute approximate surface area is 280 Å². The Morgan fingerprint density at radius 3 is 2.21 bits per heavy atom. The molecule has 48 heavy (non-hydrogen) atoms. The van der Waals surface area contributed by atoms with Crippen molar-refractivity contribution in [3.8, 4) is 11.5 Å². The summed E-state index contributed by atoms with van der Waals surface area (Å²) in [4.78, 5) is 35.3. The number of aromatic hydroxyl groups is 2. The molecule has 0 radical (unpaired) electrons. The second-order valence-corrected chi connectivity index (χ2v) is 12.2. The molecular weight excluding hydrogens is 619 g/mol. The number of alkyl halides is 1. The highest BCUT2D eigenvalue weighted by Crippen LogP contribution is 2.25. The zero-order valence-electron chi connectivity index (χ0n) is 27.8. The molecule has 13 heteroatoms. The molecule has 2 atom stereocenters. The summed E-state index contributed by atoms with van der Waals surface area (Å²) < 4.78 is 22.7. The summed E-state index contributed by atoms with van der Waals surface area (Å²) in [5.74, 6) is -0.0842. The van der Waals surface area contributed by atoms with Crippen LogP contribution in [0.5, 0.6) is 11.5 Å². The minimum absolute atomic E-state index is 0.0408. The monoisotopic (exact) mass is 668 g/mol. The average molecular weight is 669 g/mol. The lowest BCUT2D eigenvalue weighted by molar-refractivity contribution is -0.123. The normalized spacial score (nSPS) is 12.9. The Morgan fingerprint density at radius 1 is 0.896 bits per heavy atom. The fourth-order valence-electron chi connectivity index (χ4n) is 5.67. The number of benzene rings is 2. The fourth-order valence-corrected chi connectivity index (χ4v) is 5.67. The molecular formula is C35H49FN6O6. The molecule has 0 aliphatic rings. The Bertz CT molecular complexity index is 1590. The topological polar surface area (TPSA) is 164 Å². The van der Waals surface area contributed by atoms with Gasteiger partial charge in [-0.05, 0) is 87.4 Å². The maximum Gasteiger partial charge on any atom is 0.237 e. The van der Waals surface area contributed by atoms with E-state index in [1.165, 1.54) is 0 Å². The third-order valence-corrected chi connectivity index (χ3v) is 8.10. The third-order valence-electron chi connectivity index (χ3n) is 8.10. The number of ether oxygens (including phenoxy) is 2. The van der Waals surface area contributed by atoms with Gasteiger partial charge < -0.3 is 50.5 Å². The van der Waals surface area contributed by atoms with Gasteiger partial charge in [-0.3, -0.25) is 9.59 Å². The quantitative estimate of drug-likeness (QED) is 0.0629. The number of H-pyrrole nitrogens is 2. The van der Waals surface area contributed by atoms with Crippen LogP contribution in [0.2, 0.25) is 0 Å². The number of carbonyl (C=O) groups excluding carboxylic acids is 2. The van der Waals surface area contributed by atoms with E-state index in [1.807, 2.05) is 20.3 Å². The minimum Gasteiger partial charge on any atom is -0.508 e. The maximum atomic E-state index is 13.4. The first kappa shape index (κ1) is 36.7. The Kier molecular flexibility index (Phi) is 14.5. The minimum atomic E-state index is -0.537. The summed E-state index contributed by atoms with van der Waals surface area (Å²) in [5.41, 5.74) is 3.38. The number of halogens is 1. The first-order chi connectivity index (χ1) is 23.2. The molecule has 2 amide bonds. The largest absolute Gasteiger partial charge is 0.508 e. The second-order valence-electron chi connectivity index (χ2n) is 12.2. The predicted molar refractivity (Wildman–Crippen MR) is 184 cm³/mol. The molecule has 0 unspecified atom stereocenters. The molecule has 4 aromatic rings. The van der Waals surface area contributed by atoms with Gasteiger partial charge in [0, 0.05) is 53.3 Å². The summed E-state index contributed by atoms with van der Waals surface area (Å²) in [5, 5.41) is 31.3. The smallest absolute Gasteiger partial charge is 0.237 e. The van der Waals surface area contributed by atoms with E-state index in [0.29, 0.717) is 45.8 Å². The number of phenols is 2. The molecule has 0 aliphatic carbocycles. The summed E-state index contributed by atoms with van der Waals surface area (Å²) in [6.07, 6.45) is 6.57. The van der Waals surface area contributed by atoms with E-state index in [0.717, 1.165) is 52.3 Å². The number of unbranched alkanes of at least 4 members (excludes halogenated alkanes) is 1. The Hall–Kier alpha value is -4.17. The lowest BCUT2D eigenvalue weighted by Crippen LogP contribution is -2.51. The van der Waals surface area contributed by atoms with Gasteiger partial charge in [0.2, 0.25) is 11.8 Å². The molecule has 2 aromatic carbocycles. The first-order valence-electron chi connectivity index (χ1n) is 16.5. The van der Waals surface area contributed by atoms with Crippen molar-refractivity contribution in [2.24, 2.45) is 0 Å². The van der Waals surface area contributed by atoms with Crippen molar-refractivity contribution in [2.45, 2.75) is 44.2 Å². The summed E-state index contributed by atoms with van der Waals surface area (Å²) >= 11 is 0. The van der Waals surface area contributed by atoms with Gasteiger partial charge in [-0.2, -0.15) is 0 Å². The highest BCUT2D eigenvalue weighted by Gasteiger charge is 2.22. The van der Waals surface area contributed by atoms with Crippen LogP contribution in [0.25, 0.3) is 21.8 Å². The van der Waals surface area contributed by atoms with Gasteiger partial charge in [-0.1, -0.05) is 6.42 Å². The molecule has 12 nitrogen and oxygen atoms in total. The van der Waals surface area contributed by atoms with E-state index >= 15 is 0 Å². The van der Waals surface area contributed by atoms with E-state index in [1.54, 1.807) is 42.6 Å². The fraction of sp³-hybridized carbons (Fsp3) is 0.486. The van der Waals surface area contributed by atoms with Crippen LogP contribution in [0.3, 0.4) is 0 Å². The number of carbonyl (C=O) groups is 2. The van der Waals surface area contributed by atoms with Crippen LogP contribution in [0.4, 0.5) is 4.39 Å². The number of phenolic OH excluding ortho intramolecular Hbond substituents is 2. The molecule has 4 rings (SSSR count). The summed E-state index contributed by atoms with van der Waals surface area (Å²) in [7, 11) is 4.03. The number of hydrogen-bond donors (Lipinski definition) is 7. The van der Waals surface area contributed by atoms with Crippen LogP contribution in [0.1, 0.15) is 30.4 Å². The van der Waals surface area contributed by atoms with Crippen LogP contribution < -0.4 is 16.0 Å². The van der Waals surface area contributed by atoms with Crippen LogP contribution in [-0.4, -0.2) is 116 Å². The Morgan fingerprint density at radius 2 is 1.54 bits per heavy atom. The Balaban J connectivity index is 1.43. The van der Waals surface area contributed by atoms with E-state index < -0.39 is 12.7 Å². The number of nitrogens with zero attached hydrogens (tertiary/aromatic N) is 1. The van der Waals surface area contributed by atoms with Gasteiger partial charge in [0.25, 0.3) is 0 Å². The molecule has 0 aliphatic heterocycles. The number of hydrogen-bond acceptors (Lipinski definition) is 8. The van der Waals surface area contributed by atoms with Crippen molar-refractivity contribution in [3.63, 3.8) is 0 Å². The molecule has 2 heterocycles. The summed E-state index contributed by atoms with van der Waals surface area (Å²) in [6.45, 7) is 1.95. The van der Waals surface area contributed by atoms with Crippen molar-refractivity contribution in [1.82, 2.24) is 30.8 Å². The van der Waals surface area contributed by atoms with Gasteiger partial charge in [0.05, 0.1) is 38.9 Å². The first-order valence-corrected chi connectivity index (χ1v) is 16.5. The molecule has 2 aromatic heterocycles. The zero-order chi connectivity index (χ0) is 34.3. The number of amides is 2. The van der Waals surface area contributed by atoms with E-state index in [9.17, 15) is 24.2 Å². The molecule has 0 fully saturated rings. The number of aromatic amines is 2. The van der Waals surface area contributed by atoms with Crippen LogP contribution in [0, 0.1) is 0 Å². The number of rotatable bonds is 22. The van der Waals surface area contributed by atoms with Crippen LogP contribution in [0.15, 0.2) is 48.8 Å². The zero-order valence-corrected chi connectivity index (χ0v) is 27.8. The SMILES string of the molecule is CN(C)CCCC[C@H](NC[C@H](Cc1c[nH]c2ccc(O)cc12)NC(=O)Cc1c[nH]c2ccc(O)cc12)C(=O)NCCOCCOCCF. The maximum absolute atomic E-state index is 13.4. The van der Waals surface area contributed by atoms with Crippen molar-refractivity contribution in [3.05, 3.63) is 59.9 Å². The molecule has 0 spiro atoms. The van der Waals surface area contributed by atoms with E-state index in [-0.39, 0.29) is 42.4 Å². The number of aromatic nitrogens is 2. The highest BCUT2D eigenvalue weighted by molar-refractivity contribution is 5.90. The molecule has 7 N–H and O–H groups in total. The van der Waals surface area contributed by atoms with Crippen molar-refractivity contribution >= 4 is 33.6 Å².